The van der Waals surface area contributed by atoms with Crippen molar-refractivity contribution in [2.75, 3.05) is 37.7 Å². The summed E-state index contributed by atoms with van der Waals surface area (Å²) in [6, 6.07) is 8.80. The summed E-state index contributed by atoms with van der Waals surface area (Å²) < 4.78 is 5.31. The second-order valence-electron chi connectivity index (χ2n) is 10.4. The van der Waals surface area contributed by atoms with Gasteiger partial charge in [-0.05, 0) is 50.3 Å². The number of aliphatic imine (C=N–C) groups is 1. The van der Waals surface area contributed by atoms with E-state index in [-0.39, 0.29) is 56.0 Å². The zero-order chi connectivity index (χ0) is 35.2. The molecule has 14 nitrogen and oxygen atoms in total. The average Bonchev–Trinajstić information content (AvgIpc) is 3.87. The van der Waals surface area contributed by atoms with Crippen LogP contribution in [0.3, 0.4) is 0 Å². The summed E-state index contributed by atoms with van der Waals surface area (Å²) in [6.45, 7) is 13.5. The summed E-state index contributed by atoms with van der Waals surface area (Å²) in [4.78, 5) is 74.4. The Bertz CT molecular complexity index is 1570. The molecule has 1 aromatic rings. The number of carbonyl (C=O) groups is 6. The quantitative estimate of drug-likeness (QED) is 0.324. The van der Waals surface area contributed by atoms with Gasteiger partial charge in [0.2, 0.25) is 5.91 Å². The number of imide groups is 2. The Kier molecular flexibility index (Phi) is 15.0. The smallest absolute Gasteiger partial charge is 0.258 e. The molecule has 6 rings (SSSR count). The summed E-state index contributed by atoms with van der Waals surface area (Å²) in [6.07, 6.45) is 11.1. The third-order valence-corrected chi connectivity index (χ3v) is 6.69. The number of ether oxygens (including phenoxy) is 1. The Hall–Kier alpha value is -6.20. The van der Waals surface area contributed by atoms with E-state index < -0.39 is 0 Å². The fourth-order valence-electron chi connectivity index (χ4n) is 4.29. The van der Waals surface area contributed by atoms with Crippen LogP contribution in [0.4, 0.5) is 5.69 Å². The number of nitriles is 1. The van der Waals surface area contributed by atoms with Crippen molar-refractivity contribution in [3.8, 4) is 6.07 Å². The molecule has 49 heavy (non-hydrogen) atoms. The number of allylic oxidation sites excluding steroid dienone is 2. The number of anilines is 1. The van der Waals surface area contributed by atoms with Gasteiger partial charge >= 0.3 is 0 Å². The number of hydrogen-bond donors (Lipinski definition) is 2. The molecule has 2 N–H and O–H groups in total. The van der Waals surface area contributed by atoms with Crippen molar-refractivity contribution in [1.29, 1.82) is 5.26 Å². The van der Waals surface area contributed by atoms with E-state index in [2.05, 4.69) is 35.7 Å². The monoisotopic (exact) mass is 669 g/mol. The SMILES string of the molecule is C.C=C1C=CC(=O)N1.C=C1C=CC(=O)N1CCOCCN1C(=O)C=CC1=O.CC1=NCC(C)N1.N#Cc1ccc(N2C(=O)C=CC2=O)cc1. The molecule has 5 heterocycles. The van der Waals surface area contributed by atoms with Gasteiger partial charge in [0.15, 0.2) is 0 Å². The molecule has 0 spiro atoms. The first kappa shape index (κ1) is 39.0. The number of benzene rings is 1. The number of carbonyl (C=O) groups excluding carboxylic acids is 6. The van der Waals surface area contributed by atoms with Crippen molar-refractivity contribution >= 4 is 47.0 Å². The minimum absolute atomic E-state index is 0. The lowest BCUT2D eigenvalue weighted by Crippen LogP contribution is -2.34. The molecule has 1 aromatic carbocycles. The van der Waals surface area contributed by atoms with E-state index in [0.717, 1.165) is 22.2 Å². The van der Waals surface area contributed by atoms with Crippen molar-refractivity contribution in [3.63, 3.8) is 0 Å². The van der Waals surface area contributed by atoms with Crippen LogP contribution >= 0.6 is 0 Å². The minimum Gasteiger partial charge on any atom is -0.378 e. The largest absolute Gasteiger partial charge is 0.378 e. The topological polar surface area (TPSA) is 182 Å². The number of hydrogen-bond acceptors (Lipinski definition) is 10. The fourth-order valence-corrected chi connectivity index (χ4v) is 4.29. The Labute approximate surface area is 285 Å². The number of amides is 6. The van der Waals surface area contributed by atoms with Gasteiger partial charge in [-0.15, -0.1) is 0 Å². The predicted octanol–water partition coefficient (Wildman–Crippen LogP) is 2.05. The van der Waals surface area contributed by atoms with Crippen LogP contribution < -0.4 is 15.5 Å². The van der Waals surface area contributed by atoms with E-state index in [4.69, 9.17) is 10.00 Å². The van der Waals surface area contributed by atoms with Crippen LogP contribution in [0, 0.1) is 11.3 Å². The van der Waals surface area contributed by atoms with Gasteiger partial charge in [0.05, 0.1) is 49.5 Å². The molecule has 1 atom stereocenters. The highest BCUT2D eigenvalue weighted by Crippen LogP contribution is 2.19. The van der Waals surface area contributed by atoms with Crippen LogP contribution in [0.5, 0.6) is 0 Å². The van der Waals surface area contributed by atoms with Gasteiger partial charge in [-0.3, -0.25) is 38.7 Å². The van der Waals surface area contributed by atoms with Crippen molar-refractivity contribution in [2.24, 2.45) is 4.99 Å². The summed E-state index contributed by atoms with van der Waals surface area (Å²) >= 11 is 0. The van der Waals surface area contributed by atoms with Crippen molar-refractivity contribution < 1.29 is 33.5 Å². The lowest BCUT2D eigenvalue weighted by molar-refractivity contribution is -0.137. The van der Waals surface area contributed by atoms with Crippen LogP contribution in [-0.2, 0) is 33.5 Å². The van der Waals surface area contributed by atoms with Gasteiger partial charge < -0.3 is 20.3 Å². The second kappa shape index (κ2) is 18.8. The third kappa shape index (κ3) is 11.8. The molecule has 5 aliphatic heterocycles. The normalized spacial score (nSPS) is 18.3. The zero-order valence-electron chi connectivity index (χ0n) is 26.5. The average molecular weight is 670 g/mol. The van der Waals surface area contributed by atoms with Gasteiger partial charge in [0.25, 0.3) is 29.5 Å². The van der Waals surface area contributed by atoms with Gasteiger partial charge in [0.1, 0.15) is 0 Å². The zero-order valence-corrected chi connectivity index (χ0v) is 26.5. The molecule has 0 aliphatic carbocycles. The van der Waals surface area contributed by atoms with E-state index >= 15 is 0 Å². The number of rotatable bonds is 7. The van der Waals surface area contributed by atoms with Crippen LogP contribution in [0.15, 0.2) is 102 Å². The minimum atomic E-state index is -0.357. The van der Waals surface area contributed by atoms with E-state index in [9.17, 15) is 28.8 Å². The Morgan fingerprint density at radius 2 is 1.35 bits per heavy atom. The van der Waals surface area contributed by atoms with Gasteiger partial charge in [0, 0.05) is 60.4 Å². The molecule has 0 saturated heterocycles. The highest BCUT2D eigenvalue weighted by molar-refractivity contribution is 6.28. The predicted molar refractivity (Wildman–Crippen MR) is 183 cm³/mol. The summed E-state index contributed by atoms with van der Waals surface area (Å²) in [5, 5.41) is 14.2. The molecule has 256 valence electrons. The maximum Gasteiger partial charge on any atom is 0.258 e. The van der Waals surface area contributed by atoms with Crippen LogP contribution in [0.2, 0.25) is 0 Å². The maximum atomic E-state index is 11.4. The van der Waals surface area contributed by atoms with Crippen molar-refractivity contribution in [1.82, 2.24) is 20.4 Å². The van der Waals surface area contributed by atoms with Crippen molar-refractivity contribution in [3.05, 3.63) is 103 Å². The van der Waals surface area contributed by atoms with Gasteiger partial charge in [-0.25, -0.2) is 4.90 Å². The van der Waals surface area contributed by atoms with E-state index in [0.29, 0.717) is 41.8 Å². The lowest BCUT2D eigenvalue weighted by atomic mass is 10.2. The molecule has 5 aliphatic rings. The van der Waals surface area contributed by atoms with Crippen LogP contribution in [-0.4, -0.2) is 90.0 Å². The molecule has 6 amide bonds. The highest BCUT2D eigenvalue weighted by atomic mass is 16.5. The molecule has 0 saturated carbocycles. The molecule has 1 unspecified atom stereocenters. The van der Waals surface area contributed by atoms with Crippen LogP contribution in [0.1, 0.15) is 26.8 Å². The fraction of sp³-hybridized carbons (Fsp3) is 0.257. The lowest BCUT2D eigenvalue weighted by Gasteiger charge is -2.18. The van der Waals surface area contributed by atoms with E-state index in [1.807, 2.05) is 13.0 Å². The van der Waals surface area contributed by atoms with Gasteiger partial charge in [-0.1, -0.05) is 20.6 Å². The molecule has 14 heteroatoms. The Morgan fingerprint density at radius 3 is 1.73 bits per heavy atom. The second-order valence-corrected chi connectivity index (χ2v) is 10.4. The summed E-state index contributed by atoms with van der Waals surface area (Å²) in [5.41, 5.74) is 2.28. The van der Waals surface area contributed by atoms with E-state index in [1.54, 1.807) is 36.4 Å². The molecule has 0 fully saturated rings. The first-order valence-corrected chi connectivity index (χ1v) is 14.7. The first-order chi connectivity index (χ1) is 22.9. The summed E-state index contributed by atoms with van der Waals surface area (Å²) in [7, 11) is 0. The number of nitrogens with one attached hydrogen (secondary N) is 2. The van der Waals surface area contributed by atoms with Gasteiger partial charge in [-0.2, -0.15) is 5.26 Å². The number of amidine groups is 1. The molecule has 0 aromatic heterocycles. The molecule has 0 bridgehead atoms. The summed E-state index contributed by atoms with van der Waals surface area (Å²) in [5.74, 6) is -0.462. The molecular formula is C35H39N7O7. The van der Waals surface area contributed by atoms with E-state index in [1.165, 1.54) is 41.4 Å². The first-order valence-electron chi connectivity index (χ1n) is 14.7. The Morgan fingerprint density at radius 1 is 0.816 bits per heavy atom. The van der Waals surface area contributed by atoms with Crippen molar-refractivity contribution in [2.45, 2.75) is 27.3 Å². The standard InChI is InChI=1S/C13H14N2O4.C11H6N2O2.C5H10N2.C5H5NO.CH4/c1-10-2-3-11(16)14(10)6-8-19-9-7-15-12(17)4-5-13(15)18;12-7-8-1-3-9(4-2-8)13-10(14)5-6-11(13)15;1-4-3-6-5(2)7-4;1-4-2-3-5(7)6-4;/h2-5H,1,6-9H2;1-6H;4H,3H2,1-2H3,(H,6,7);2-3H,1H2,(H,6,7);1H4. The highest BCUT2D eigenvalue weighted by Gasteiger charge is 2.25. The maximum absolute atomic E-state index is 11.4. The Balaban J connectivity index is 0.000000245. The number of nitrogens with zero attached hydrogens (tertiary/aromatic N) is 5. The third-order valence-electron chi connectivity index (χ3n) is 6.69. The van der Waals surface area contributed by atoms with Crippen LogP contribution in [0.25, 0.3) is 0 Å². The molecule has 0 radical (unpaired) electrons. The molecular weight excluding hydrogens is 630 g/mol.